The maximum absolute atomic E-state index is 11.7. The van der Waals surface area contributed by atoms with E-state index >= 15 is 0 Å². The molecular formula is C14H20BrNO3. The molecule has 0 bridgehead atoms. The fourth-order valence-corrected chi connectivity index (χ4v) is 1.71. The molecule has 1 aromatic rings. The van der Waals surface area contributed by atoms with Crippen molar-refractivity contribution in [2.75, 3.05) is 13.7 Å². The smallest absolute Gasteiger partial charge is 0.420 e. The van der Waals surface area contributed by atoms with Crippen molar-refractivity contribution in [3.8, 4) is 5.75 Å². The van der Waals surface area contributed by atoms with Crippen LogP contribution in [0.5, 0.6) is 5.75 Å². The molecule has 0 radical (unpaired) electrons. The van der Waals surface area contributed by atoms with Crippen molar-refractivity contribution in [2.24, 2.45) is 0 Å². The average molecular weight is 330 g/mol. The number of hydrogen-bond acceptors (Lipinski definition) is 3. The molecule has 0 aliphatic rings. The highest BCUT2D eigenvalue weighted by Crippen LogP contribution is 2.16. The maximum atomic E-state index is 11.7. The third-order valence-corrected chi connectivity index (χ3v) is 2.97. The zero-order chi connectivity index (χ0) is 14.5. The number of carbonyl (C=O) groups excluding carboxylic acids is 1. The standard InChI is InChI=1S/C14H20BrNO3/c1-14(2,3)19-13(17)16(15)9-8-11-6-5-7-12(10-11)18-4/h5-7,10H,8-9H2,1-4H3. The lowest BCUT2D eigenvalue weighted by atomic mass is 10.1. The molecule has 106 valence electrons. The monoisotopic (exact) mass is 329 g/mol. The molecule has 0 N–H and O–H groups in total. The van der Waals surface area contributed by atoms with Crippen molar-refractivity contribution in [1.29, 1.82) is 0 Å². The number of hydrogen-bond donors (Lipinski definition) is 0. The van der Waals surface area contributed by atoms with Crippen LogP contribution < -0.4 is 4.74 Å². The molecule has 0 aliphatic carbocycles. The molecule has 1 amide bonds. The van der Waals surface area contributed by atoms with E-state index in [1.807, 2.05) is 45.0 Å². The van der Waals surface area contributed by atoms with E-state index in [1.165, 1.54) is 3.93 Å². The Hall–Kier alpha value is -1.23. The van der Waals surface area contributed by atoms with Gasteiger partial charge in [0.1, 0.15) is 11.4 Å². The van der Waals surface area contributed by atoms with Gasteiger partial charge in [-0.25, -0.2) is 8.72 Å². The molecule has 4 nitrogen and oxygen atoms in total. The highest BCUT2D eigenvalue weighted by molar-refractivity contribution is 9.07. The summed E-state index contributed by atoms with van der Waals surface area (Å²) in [7, 11) is 1.64. The topological polar surface area (TPSA) is 38.8 Å². The first-order valence-electron chi connectivity index (χ1n) is 6.11. The molecular weight excluding hydrogens is 310 g/mol. The van der Waals surface area contributed by atoms with E-state index < -0.39 is 5.60 Å². The molecule has 0 spiro atoms. The first-order chi connectivity index (χ1) is 8.81. The van der Waals surface area contributed by atoms with Crippen molar-refractivity contribution in [3.63, 3.8) is 0 Å². The number of amides is 1. The first-order valence-corrected chi connectivity index (χ1v) is 6.82. The van der Waals surface area contributed by atoms with Crippen molar-refractivity contribution < 1.29 is 14.3 Å². The van der Waals surface area contributed by atoms with E-state index in [0.29, 0.717) is 6.54 Å². The Kier molecular flexibility index (Phi) is 5.66. The Bertz CT molecular complexity index is 429. The van der Waals surface area contributed by atoms with Gasteiger partial charge in [-0.3, -0.25) is 0 Å². The molecule has 1 rings (SSSR count). The van der Waals surface area contributed by atoms with Crippen LogP contribution in [0, 0.1) is 0 Å². The highest BCUT2D eigenvalue weighted by atomic mass is 79.9. The fraction of sp³-hybridized carbons (Fsp3) is 0.500. The molecule has 0 heterocycles. The molecule has 0 aromatic heterocycles. The zero-order valence-electron chi connectivity index (χ0n) is 11.8. The summed E-state index contributed by atoms with van der Waals surface area (Å²) in [6, 6.07) is 7.78. The van der Waals surface area contributed by atoms with Gasteiger partial charge >= 0.3 is 6.09 Å². The van der Waals surface area contributed by atoms with Crippen LogP contribution >= 0.6 is 16.1 Å². The predicted molar refractivity (Wildman–Crippen MR) is 78.6 cm³/mol. The molecule has 0 aliphatic heterocycles. The van der Waals surface area contributed by atoms with E-state index in [-0.39, 0.29) is 6.09 Å². The minimum atomic E-state index is -0.487. The van der Waals surface area contributed by atoms with Crippen molar-refractivity contribution >= 4 is 22.2 Å². The largest absolute Gasteiger partial charge is 0.497 e. The lowest BCUT2D eigenvalue weighted by Crippen LogP contribution is -2.32. The summed E-state index contributed by atoms with van der Waals surface area (Å²) in [5, 5.41) is 0. The van der Waals surface area contributed by atoms with E-state index in [1.54, 1.807) is 7.11 Å². The Morgan fingerprint density at radius 2 is 2.05 bits per heavy atom. The van der Waals surface area contributed by atoms with Gasteiger partial charge in [-0.05, 0) is 44.9 Å². The van der Waals surface area contributed by atoms with Gasteiger partial charge in [-0.15, -0.1) is 0 Å². The molecule has 5 heteroatoms. The van der Waals surface area contributed by atoms with E-state index in [4.69, 9.17) is 9.47 Å². The van der Waals surface area contributed by atoms with Gasteiger partial charge in [-0.2, -0.15) is 0 Å². The second kappa shape index (κ2) is 6.80. The second-order valence-corrected chi connectivity index (χ2v) is 6.02. The van der Waals surface area contributed by atoms with E-state index in [9.17, 15) is 4.79 Å². The van der Waals surface area contributed by atoms with Gasteiger partial charge in [0.2, 0.25) is 0 Å². The Balaban J connectivity index is 2.49. The zero-order valence-corrected chi connectivity index (χ0v) is 13.4. The molecule has 19 heavy (non-hydrogen) atoms. The second-order valence-electron chi connectivity index (χ2n) is 5.17. The van der Waals surface area contributed by atoms with Crippen LogP contribution in [-0.2, 0) is 11.2 Å². The predicted octanol–water partition coefficient (Wildman–Crippen LogP) is 3.78. The van der Waals surface area contributed by atoms with Gasteiger partial charge in [0, 0.05) is 6.54 Å². The van der Waals surface area contributed by atoms with Gasteiger partial charge < -0.3 is 9.47 Å². The minimum Gasteiger partial charge on any atom is -0.497 e. The number of benzene rings is 1. The van der Waals surface area contributed by atoms with Crippen LogP contribution in [0.15, 0.2) is 24.3 Å². The summed E-state index contributed by atoms with van der Waals surface area (Å²) < 4.78 is 11.8. The Morgan fingerprint density at radius 3 is 2.63 bits per heavy atom. The molecule has 0 atom stereocenters. The summed E-state index contributed by atoms with van der Waals surface area (Å²) >= 11 is 3.22. The number of carbonyl (C=O) groups is 1. The summed E-state index contributed by atoms with van der Waals surface area (Å²) in [5.41, 5.74) is 0.617. The molecule has 0 fully saturated rings. The van der Waals surface area contributed by atoms with Gasteiger partial charge in [0.15, 0.2) is 0 Å². The number of methoxy groups -OCH3 is 1. The lowest BCUT2D eigenvalue weighted by Gasteiger charge is -2.23. The Labute approximate surface area is 123 Å². The molecule has 0 saturated heterocycles. The van der Waals surface area contributed by atoms with Gasteiger partial charge in [0.05, 0.1) is 23.3 Å². The van der Waals surface area contributed by atoms with Gasteiger partial charge in [-0.1, -0.05) is 12.1 Å². The summed E-state index contributed by atoms with van der Waals surface area (Å²) in [6.45, 7) is 6.05. The summed E-state index contributed by atoms with van der Waals surface area (Å²) in [6.07, 6.45) is 0.345. The quantitative estimate of drug-likeness (QED) is 0.789. The normalized spacial score (nSPS) is 11.0. The third-order valence-electron chi connectivity index (χ3n) is 2.32. The highest BCUT2D eigenvalue weighted by Gasteiger charge is 2.20. The van der Waals surface area contributed by atoms with Crippen LogP contribution in [0.3, 0.4) is 0 Å². The van der Waals surface area contributed by atoms with Crippen LogP contribution in [0.25, 0.3) is 0 Å². The number of rotatable bonds is 4. The minimum absolute atomic E-state index is 0.379. The van der Waals surface area contributed by atoms with Crippen LogP contribution in [0.4, 0.5) is 4.79 Å². The lowest BCUT2D eigenvalue weighted by molar-refractivity contribution is 0.0416. The third kappa shape index (κ3) is 5.96. The fourth-order valence-electron chi connectivity index (χ4n) is 1.46. The number of halogens is 1. The van der Waals surface area contributed by atoms with Crippen LogP contribution in [-0.4, -0.2) is 29.3 Å². The molecule has 0 unspecified atom stereocenters. The number of ether oxygens (including phenoxy) is 2. The van der Waals surface area contributed by atoms with Crippen LogP contribution in [0.2, 0.25) is 0 Å². The van der Waals surface area contributed by atoms with E-state index in [2.05, 4.69) is 16.1 Å². The van der Waals surface area contributed by atoms with Crippen molar-refractivity contribution in [3.05, 3.63) is 29.8 Å². The first kappa shape index (κ1) is 15.8. The number of nitrogens with zero attached hydrogens (tertiary/aromatic N) is 1. The van der Waals surface area contributed by atoms with Crippen molar-refractivity contribution in [1.82, 2.24) is 3.93 Å². The van der Waals surface area contributed by atoms with Gasteiger partial charge in [0.25, 0.3) is 0 Å². The maximum Gasteiger partial charge on any atom is 0.420 e. The summed E-state index contributed by atoms with van der Waals surface area (Å²) in [4.78, 5) is 11.7. The molecule has 1 aromatic carbocycles. The Morgan fingerprint density at radius 1 is 1.37 bits per heavy atom. The SMILES string of the molecule is COc1cccc(CCN(Br)C(=O)OC(C)(C)C)c1. The van der Waals surface area contributed by atoms with E-state index in [0.717, 1.165) is 17.7 Å². The summed E-state index contributed by atoms with van der Waals surface area (Å²) in [5.74, 6) is 0.816. The van der Waals surface area contributed by atoms with Crippen LogP contribution in [0.1, 0.15) is 26.3 Å². The average Bonchev–Trinajstić information content (AvgIpc) is 2.34. The molecule has 0 saturated carbocycles. The van der Waals surface area contributed by atoms with Crippen molar-refractivity contribution in [2.45, 2.75) is 32.8 Å².